The molecule has 2 heterocycles. The van der Waals surface area contributed by atoms with Crippen LogP contribution in [-0.2, 0) is 11.3 Å². The van der Waals surface area contributed by atoms with Crippen molar-refractivity contribution in [2.45, 2.75) is 26.3 Å². The zero-order valence-corrected chi connectivity index (χ0v) is 15.3. The zero-order valence-electron chi connectivity index (χ0n) is 12.9. The Morgan fingerprint density at radius 2 is 2.41 bits per heavy atom. The summed E-state index contributed by atoms with van der Waals surface area (Å²) in [5, 5.41) is 18.0. The molecule has 22 heavy (non-hydrogen) atoms. The fourth-order valence-corrected chi connectivity index (χ4v) is 3.89. The maximum atomic E-state index is 9.28. The molecule has 1 aliphatic heterocycles. The number of halogens is 1. The van der Waals surface area contributed by atoms with Gasteiger partial charge in [0.25, 0.3) is 0 Å². The highest BCUT2D eigenvalue weighted by atomic mass is 79.9. The summed E-state index contributed by atoms with van der Waals surface area (Å²) in [4.78, 5) is 5.85. The van der Waals surface area contributed by atoms with Gasteiger partial charge in [-0.3, -0.25) is 0 Å². The zero-order chi connectivity index (χ0) is 15.8. The van der Waals surface area contributed by atoms with Crippen LogP contribution in [0.4, 0.5) is 0 Å². The predicted molar refractivity (Wildman–Crippen MR) is 94.4 cm³/mol. The summed E-state index contributed by atoms with van der Waals surface area (Å²) < 4.78 is 6.62. The Kier molecular flexibility index (Phi) is 7.14. The van der Waals surface area contributed by atoms with Crippen molar-refractivity contribution in [2.75, 3.05) is 32.9 Å². The van der Waals surface area contributed by atoms with Crippen LogP contribution in [-0.4, -0.2) is 44.0 Å². The van der Waals surface area contributed by atoms with E-state index in [4.69, 9.17) is 4.74 Å². The number of aliphatic imine (C=N–C) groups is 1. The topological polar surface area (TPSA) is 65.9 Å². The first kappa shape index (κ1) is 17.7. The Bertz CT molecular complexity index is 487. The van der Waals surface area contributed by atoms with Gasteiger partial charge >= 0.3 is 0 Å². The van der Waals surface area contributed by atoms with Crippen molar-refractivity contribution in [1.82, 2.24) is 10.6 Å². The SMILES string of the molecule is CCNC(=NCc1cc(Br)cs1)NCC1(CCO)CCOC1. The summed E-state index contributed by atoms with van der Waals surface area (Å²) in [7, 11) is 0. The molecule has 0 radical (unpaired) electrons. The first-order chi connectivity index (χ1) is 10.7. The molecule has 1 aromatic heterocycles. The van der Waals surface area contributed by atoms with E-state index in [0.717, 1.165) is 43.0 Å². The van der Waals surface area contributed by atoms with Crippen LogP contribution in [0.3, 0.4) is 0 Å². The van der Waals surface area contributed by atoms with Gasteiger partial charge in [-0.25, -0.2) is 4.99 Å². The Morgan fingerprint density at radius 3 is 3.00 bits per heavy atom. The number of nitrogens with one attached hydrogen (secondary N) is 2. The van der Waals surface area contributed by atoms with E-state index in [1.165, 1.54) is 4.88 Å². The van der Waals surface area contributed by atoms with E-state index in [2.05, 4.69) is 49.9 Å². The average Bonchev–Trinajstić information content (AvgIpc) is 3.12. The van der Waals surface area contributed by atoms with Crippen molar-refractivity contribution < 1.29 is 9.84 Å². The third-order valence-corrected chi connectivity index (χ3v) is 5.50. The molecule has 2 rings (SSSR count). The lowest BCUT2D eigenvalue weighted by molar-refractivity contribution is 0.127. The highest BCUT2D eigenvalue weighted by Gasteiger charge is 2.34. The van der Waals surface area contributed by atoms with E-state index in [9.17, 15) is 5.11 Å². The molecule has 5 nitrogen and oxygen atoms in total. The number of ether oxygens (including phenoxy) is 1. The van der Waals surface area contributed by atoms with Gasteiger partial charge in [-0.05, 0) is 41.8 Å². The normalized spacial score (nSPS) is 22.0. The molecule has 1 aliphatic rings. The highest BCUT2D eigenvalue weighted by molar-refractivity contribution is 9.10. The van der Waals surface area contributed by atoms with Crippen molar-refractivity contribution in [1.29, 1.82) is 0 Å². The van der Waals surface area contributed by atoms with Gasteiger partial charge < -0.3 is 20.5 Å². The van der Waals surface area contributed by atoms with Crippen molar-refractivity contribution in [3.8, 4) is 0 Å². The van der Waals surface area contributed by atoms with Crippen LogP contribution in [0.2, 0.25) is 0 Å². The van der Waals surface area contributed by atoms with Crippen molar-refractivity contribution >= 4 is 33.2 Å². The monoisotopic (exact) mass is 389 g/mol. The van der Waals surface area contributed by atoms with E-state index in [1.807, 2.05) is 0 Å². The third-order valence-electron chi connectivity index (χ3n) is 3.82. The van der Waals surface area contributed by atoms with E-state index >= 15 is 0 Å². The van der Waals surface area contributed by atoms with E-state index in [0.29, 0.717) is 13.2 Å². The van der Waals surface area contributed by atoms with Crippen LogP contribution in [0, 0.1) is 5.41 Å². The van der Waals surface area contributed by atoms with Crippen LogP contribution in [0.15, 0.2) is 20.9 Å². The van der Waals surface area contributed by atoms with Gasteiger partial charge in [0.15, 0.2) is 5.96 Å². The summed E-state index contributed by atoms with van der Waals surface area (Å²) in [6, 6.07) is 2.09. The summed E-state index contributed by atoms with van der Waals surface area (Å²) >= 11 is 5.16. The maximum absolute atomic E-state index is 9.28. The Hall–Kier alpha value is -0.630. The molecule has 7 heteroatoms. The van der Waals surface area contributed by atoms with Crippen LogP contribution in [0.5, 0.6) is 0 Å². The second-order valence-corrected chi connectivity index (χ2v) is 7.47. The molecular weight excluding hydrogens is 366 g/mol. The summed E-state index contributed by atoms with van der Waals surface area (Å²) in [5.74, 6) is 0.816. The van der Waals surface area contributed by atoms with Crippen LogP contribution >= 0.6 is 27.3 Å². The Labute approximate surface area is 144 Å². The number of aliphatic hydroxyl groups excluding tert-OH is 1. The molecular formula is C15H24BrN3O2S. The highest BCUT2D eigenvalue weighted by Crippen LogP contribution is 2.31. The van der Waals surface area contributed by atoms with Gasteiger partial charge in [0.05, 0.1) is 13.2 Å². The minimum atomic E-state index is 0.0247. The van der Waals surface area contributed by atoms with Gasteiger partial charge in [-0.15, -0.1) is 11.3 Å². The van der Waals surface area contributed by atoms with Gasteiger partial charge in [0, 0.05) is 46.4 Å². The molecule has 1 unspecified atom stereocenters. The quantitative estimate of drug-likeness (QED) is 0.494. The van der Waals surface area contributed by atoms with Gasteiger partial charge in [0.1, 0.15) is 0 Å². The average molecular weight is 390 g/mol. The molecule has 3 N–H and O–H groups in total. The number of aliphatic hydroxyl groups is 1. The number of nitrogens with zero attached hydrogens (tertiary/aromatic N) is 1. The molecule has 1 atom stereocenters. The standard InChI is InChI=1S/C15H24BrN3O2S/c1-2-17-14(18-8-13-7-12(16)9-22-13)19-10-15(3-5-20)4-6-21-11-15/h7,9,20H,2-6,8,10-11H2,1H3,(H2,17,18,19). The third kappa shape index (κ3) is 5.22. The first-order valence-electron chi connectivity index (χ1n) is 7.61. The van der Waals surface area contributed by atoms with E-state index in [-0.39, 0.29) is 12.0 Å². The molecule has 0 spiro atoms. The minimum Gasteiger partial charge on any atom is -0.396 e. The summed E-state index contributed by atoms with van der Waals surface area (Å²) in [5.41, 5.74) is 0.0247. The van der Waals surface area contributed by atoms with Crippen molar-refractivity contribution in [2.24, 2.45) is 10.4 Å². The van der Waals surface area contributed by atoms with Gasteiger partial charge in [-0.1, -0.05) is 0 Å². The minimum absolute atomic E-state index is 0.0247. The van der Waals surface area contributed by atoms with E-state index < -0.39 is 0 Å². The number of hydrogen-bond acceptors (Lipinski definition) is 4. The number of guanidine groups is 1. The Morgan fingerprint density at radius 1 is 1.55 bits per heavy atom. The smallest absolute Gasteiger partial charge is 0.191 e. The second kappa shape index (κ2) is 8.86. The molecule has 1 fully saturated rings. The predicted octanol–water partition coefficient (Wildman–Crippen LogP) is 2.35. The lowest BCUT2D eigenvalue weighted by atomic mass is 9.84. The van der Waals surface area contributed by atoms with Gasteiger partial charge in [0.2, 0.25) is 0 Å². The second-order valence-electron chi connectivity index (χ2n) is 5.56. The van der Waals surface area contributed by atoms with Gasteiger partial charge in [-0.2, -0.15) is 0 Å². The van der Waals surface area contributed by atoms with Crippen molar-refractivity contribution in [3.63, 3.8) is 0 Å². The van der Waals surface area contributed by atoms with Crippen LogP contribution in [0.25, 0.3) is 0 Å². The summed E-state index contributed by atoms with van der Waals surface area (Å²) in [6.45, 7) is 5.99. The number of rotatable bonds is 7. The molecule has 0 bridgehead atoms. The molecule has 0 saturated carbocycles. The van der Waals surface area contributed by atoms with Crippen LogP contribution in [0.1, 0.15) is 24.6 Å². The van der Waals surface area contributed by atoms with Crippen LogP contribution < -0.4 is 10.6 Å². The summed E-state index contributed by atoms with van der Waals surface area (Å²) in [6.07, 6.45) is 1.75. The molecule has 0 aliphatic carbocycles. The molecule has 1 aromatic rings. The fraction of sp³-hybridized carbons (Fsp3) is 0.667. The molecule has 124 valence electrons. The maximum Gasteiger partial charge on any atom is 0.191 e. The first-order valence-corrected chi connectivity index (χ1v) is 9.28. The molecule has 0 amide bonds. The lowest BCUT2D eigenvalue weighted by Gasteiger charge is -2.27. The molecule has 0 aromatic carbocycles. The fourth-order valence-electron chi connectivity index (χ4n) is 2.52. The van der Waals surface area contributed by atoms with Crippen molar-refractivity contribution in [3.05, 3.63) is 20.8 Å². The lowest BCUT2D eigenvalue weighted by Crippen LogP contribution is -2.44. The largest absolute Gasteiger partial charge is 0.396 e. The Balaban J connectivity index is 1.92. The number of hydrogen-bond donors (Lipinski definition) is 3. The molecule has 1 saturated heterocycles. The van der Waals surface area contributed by atoms with E-state index in [1.54, 1.807) is 11.3 Å². The number of thiophene rings is 1.